The molecule has 190 valence electrons. The molecule has 3 aromatic rings. The number of nitrogens with zero attached hydrogens (tertiary/aromatic N) is 3. The van der Waals surface area contributed by atoms with Crippen molar-refractivity contribution in [3.8, 4) is 0 Å². The molecule has 0 radical (unpaired) electrons. The number of hydrogen-bond acceptors (Lipinski definition) is 5. The van der Waals surface area contributed by atoms with E-state index in [1.165, 1.54) is 9.80 Å². The topological polar surface area (TPSA) is 90.0 Å². The van der Waals surface area contributed by atoms with Crippen LogP contribution in [-0.2, 0) is 20.9 Å². The van der Waals surface area contributed by atoms with E-state index in [0.717, 1.165) is 16.8 Å². The van der Waals surface area contributed by atoms with E-state index in [1.54, 1.807) is 43.3 Å². The SMILES string of the molecule is Cc1ccc(CN(C(=O)CN2C(=O)C(=O)c3ccccc32)C(C)C(=O)Nc2ccc(N(C)C)cc2)cc1. The van der Waals surface area contributed by atoms with E-state index in [2.05, 4.69) is 5.32 Å². The van der Waals surface area contributed by atoms with Gasteiger partial charge in [0.05, 0.1) is 11.3 Å². The van der Waals surface area contributed by atoms with Gasteiger partial charge in [-0.3, -0.25) is 24.1 Å². The highest BCUT2D eigenvalue weighted by Crippen LogP contribution is 2.28. The van der Waals surface area contributed by atoms with Crippen molar-refractivity contribution in [1.29, 1.82) is 0 Å². The van der Waals surface area contributed by atoms with Gasteiger partial charge in [-0.25, -0.2) is 0 Å². The minimum absolute atomic E-state index is 0.172. The maximum Gasteiger partial charge on any atom is 0.299 e. The number of para-hydroxylation sites is 1. The highest BCUT2D eigenvalue weighted by molar-refractivity contribution is 6.52. The van der Waals surface area contributed by atoms with Crippen LogP contribution in [0.2, 0.25) is 0 Å². The summed E-state index contributed by atoms with van der Waals surface area (Å²) in [5.41, 5.74) is 4.20. The molecule has 1 atom stereocenters. The van der Waals surface area contributed by atoms with Crippen LogP contribution in [0.5, 0.6) is 0 Å². The van der Waals surface area contributed by atoms with Crippen molar-refractivity contribution < 1.29 is 19.2 Å². The summed E-state index contributed by atoms with van der Waals surface area (Å²) >= 11 is 0. The highest BCUT2D eigenvalue weighted by atomic mass is 16.2. The lowest BCUT2D eigenvalue weighted by atomic mass is 10.1. The first-order valence-electron chi connectivity index (χ1n) is 12.0. The lowest BCUT2D eigenvalue weighted by Crippen LogP contribution is -2.49. The Morgan fingerprint density at radius 1 is 0.919 bits per heavy atom. The predicted octanol–water partition coefficient (Wildman–Crippen LogP) is 3.65. The average molecular weight is 499 g/mol. The summed E-state index contributed by atoms with van der Waals surface area (Å²) in [4.78, 5) is 56.5. The van der Waals surface area contributed by atoms with E-state index >= 15 is 0 Å². The molecule has 4 rings (SSSR count). The van der Waals surface area contributed by atoms with Crippen LogP contribution in [0.15, 0.2) is 72.8 Å². The number of amides is 3. The number of carbonyl (C=O) groups is 4. The molecular formula is C29H30N4O4. The van der Waals surface area contributed by atoms with E-state index in [1.807, 2.05) is 62.3 Å². The quantitative estimate of drug-likeness (QED) is 0.479. The first-order chi connectivity index (χ1) is 17.7. The summed E-state index contributed by atoms with van der Waals surface area (Å²) in [5, 5.41) is 2.88. The molecule has 0 saturated heterocycles. The highest BCUT2D eigenvalue weighted by Gasteiger charge is 2.38. The Kier molecular flexibility index (Phi) is 7.38. The van der Waals surface area contributed by atoms with Crippen molar-refractivity contribution in [2.24, 2.45) is 0 Å². The molecule has 3 aromatic carbocycles. The van der Waals surface area contributed by atoms with Crippen LogP contribution in [-0.4, -0.2) is 55.1 Å². The van der Waals surface area contributed by atoms with Crippen molar-refractivity contribution in [2.75, 3.05) is 35.8 Å². The fraction of sp³-hybridized carbons (Fsp3) is 0.241. The van der Waals surface area contributed by atoms with Crippen LogP contribution in [0.25, 0.3) is 0 Å². The standard InChI is InChI=1S/C29H30N4O4/c1-19-9-11-21(12-10-19)17-32(20(2)28(36)30-22-13-15-23(16-14-22)31(3)4)26(34)18-33-25-8-6-5-7-24(25)27(35)29(33)37/h5-16,20H,17-18H2,1-4H3,(H,30,36). The average Bonchev–Trinajstić information content (AvgIpc) is 3.13. The third kappa shape index (κ3) is 5.53. The smallest absolute Gasteiger partial charge is 0.299 e. The molecule has 0 bridgehead atoms. The van der Waals surface area contributed by atoms with Crippen molar-refractivity contribution in [2.45, 2.75) is 26.4 Å². The number of aryl methyl sites for hydroxylation is 1. The summed E-state index contributed by atoms with van der Waals surface area (Å²) in [7, 11) is 3.86. The van der Waals surface area contributed by atoms with Crippen LogP contribution in [0.3, 0.4) is 0 Å². The molecule has 1 heterocycles. The largest absolute Gasteiger partial charge is 0.378 e. The molecular weight excluding hydrogens is 468 g/mol. The van der Waals surface area contributed by atoms with E-state index in [0.29, 0.717) is 11.4 Å². The number of hydrogen-bond donors (Lipinski definition) is 1. The molecule has 0 spiro atoms. The maximum absolute atomic E-state index is 13.6. The number of benzene rings is 3. The molecule has 0 fully saturated rings. The molecule has 1 aliphatic heterocycles. The van der Waals surface area contributed by atoms with Crippen LogP contribution < -0.4 is 15.1 Å². The van der Waals surface area contributed by atoms with Crippen LogP contribution in [0.1, 0.15) is 28.4 Å². The van der Waals surface area contributed by atoms with Crippen molar-refractivity contribution in [3.63, 3.8) is 0 Å². The Labute approximate surface area is 216 Å². The third-order valence-electron chi connectivity index (χ3n) is 6.46. The number of anilines is 3. The Morgan fingerprint density at radius 2 is 1.57 bits per heavy atom. The summed E-state index contributed by atoms with van der Waals surface area (Å²) in [6.07, 6.45) is 0. The van der Waals surface area contributed by atoms with E-state index in [-0.39, 0.29) is 24.6 Å². The number of nitrogens with one attached hydrogen (secondary N) is 1. The lowest BCUT2D eigenvalue weighted by molar-refractivity contribution is -0.138. The minimum atomic E-state index is -0.842. The summed E-state index contributed by atoms with van der Waals surface area (Å²) in [5.74, 6) is -2.19. The van der Waals surface area contributed by atoms with Gasteiger partial charge in [0.15, 0.2) is 0 Å². The van der Waals surface area contributed by atoms with Gasteiger partial charge in [0.2, 0.25) is 11.8 Å². The Morgan fingerprint density at radius 3 is 2.22 bits per heavy atom. The molecule has 0 aliphatic carbocycles. The van der Waals surface area contributed by atoms with Crippen molar-refractivity contribution in [3.05, 3.63) is 89.5 Å². The molecule has 0 aromatic heterocycles. The monoisotopic (exact) mass is 498 g/mol. The second kappa shape index (κ2) is 10.7. The molecule has 1 unspecified atom stereocenters. The third-order valence-corrected chi connectivity index (χ3v) is 6.46. The fourth-order valence-electron chi connectivity index (χ4n) is 4.19. The normalized spacial score (nSPS) is 13.2. The van der Waals surface area contributed by atoms with Gasteiger partial charge in [0.1, 0.15) is 12.6 Å². The summed E-state index contributed by atoms with van der Waals surface area (Å²) < 4.78 is 0. The summed E-state index contributed by atoms with van der Waals surface area (Å²) in [6, 6.07) is 20.8. The van der Waals surface area contributed by atoms with Gasteiger partial charge in [0, 0.05) is 32.0 Å². The first kappa shape index (κ1) is 25.6. The van der Waals surface area contributed by atoms with Gasteiger partial charge in [-0.05, 0) is 55.8 Å². The van der Waals surface area contributed by atoms with Gasteiger partial charge in [0.25, 0.3) is 11.7 Å². The second-order valence-corrected chi connectivity index (χ2v) is 9.35. The lowest BCUT2D eigenvalue weighted by Gasteiger charge is -2.30. The van der Waals surface area contributed by atoms with Crippen LogP contribution in [0, 0.1) is 6.92 Å². The second-order valence-electron chi connectivity index (χ2n) is 9.35. The maximum atomic E-state index is 13.6. The Bertz CT molecular complexity index is 1330. The molecule has 8 heteroatoms. The van der Waals surface area contributed by atoms with Crippen LogP contribution in [0.4, 0.5) is 17.1 Å². The zero-order chi connectivity index (χ0) is 26.7. The molecule has 1 N–H and O–H groups in total. The number of fused-ring (bicyclic) bond motifs is 1. The van der Waals surface area contributed by atoms with Gasteiger partial charge >= 0.3 is 0 Å². The molecule has 1 aliphatic rings. The fourth-order valence-corrected chi connectivity index (χ4v) is 4.19. The number of Topliss-reactive ketones (excluding diaryl/α,β-unsaturated/α-hetero) is 1. The zero-order valence-electron chi connectivity index (χ0n) is 21.4. The van der Waals surface area contributed by atoms with Gasteiger partial charge in [-0.2, -0.15) is 0 Å². The minimum Gasteiger partial charge on any atom is -0.378 e. The Hall–Kier alpha value is -4.46. The van der Waals surface area contributed by atoms with Crippen LogP contribution >= 0.6 is 0 Å². The van der Waals surface area contributed by atoms with Gasteiger partial charge in [-0.15, -0.1) is 0 Å². The molecule has 0 saturated carbocycles. The zero-order valence-corrected chi connectivity index (χ0v) is 21.4. The number of carbonyl (C=O) groups excluding carboxylic acids is 4. The summed E-state index contributed by atoms with van der Waals surface area (Å²) in [6.45, 7) is 3.45. The van der Waals surface area contributed by atoms with Gasteiger partial charge in [-0.1, -0.05) is 42.0 Å². The number of rotatable bonds is 8. The molecule has 8 nitrogen and oxygen atoms in total. The van der Waals surface area contributed by atoms with E-state index in [4.69, 9.17) is 0 Å². The van der Waals surface area contributed by atoms with Gasteiger partial charge < -0.3 is 15.1 Å². The molecule has 37 heavy (non-hydrogen) atoms. The Balaban J connectivity index is 1.56. The first-order valence-corrected chi connectivity index (χ1v) is 12.0. The number of ketones is 1. The predicted molar refractivity (Wildman–Crippen MR) is 144 cm³/mol. The molecule has 3 amide bonds. The van der Waals surface area contributed by atoms with E-state index in [9.17, 15) is 19.2 Å². The van der Waals surface area contributed by atoms with Crippen molar-refractivity contribution >= 4 is 40.6 Å². The van der Waals surface area contributed by atoms with Crippen molar-refractivity contribution in [1.82, 2.24) is 4.90 Å². The van der Waals surface area contributed by atoms with E-state index < -0.39 is 23.6 Å².